The molecule has 9 heteroatoms. The maximum Gasteiger partial charge on any atom is 0.257 e. The molecule has 0 saturated carbocycles. The number of aryl methyl sites for hydroxylation is 1. The van der Waals surface area contributed by atoms with E-state index in [1.165, 1.54) is 5.56 Å². The molecular weight excluding hydrogens is 518 g/mol. The maximum atomic E-state index is 14.2. The molecule has 1 N–H and O–H groups in total. The summed E-state index contributed by atoms with van der Waals surface area (Å²) in [5, 5.41) is 3.13. The SMILES string of the molecule is O=C1N[C@@H]2C[C@@H](C(=O)N3CCN(C(=O)c4ccccc4)C[C@H]3COc3ncccc31)N(CCCc1ccccc1)C2. The van der Waals surface area contributed by atoms with Crippen LogP contribution in [0.15, 0.2) is 79.0 Å². The van der Waals surface area contributed by atoms with E-state index in [4.69, 9.17) is 4.74 Å². The molecule has 0 aliphatic carbocycles. The van der Waals surface area contributed by atoms with Gasteiger partial charge >= 0.3 is 0 Å². The molecule has 0 unspecified atom stereocenters. The zero-order valence-electron chi connectivity index (χ0n) is 23.0. The number of aromatic nitrogens is 1. The molecule has 9 nitrogen and oxygen atoms in total. The van der Waals surface area contributed by atoms with Crippen LogP contribution in [-0.4, -0.2) is 94.9 Å². The van der Waals surface area contributed by atoms with E-state index in [0.29, 0.717) is 43.7 Å². The predicted octanol–water partition coefficient (Wildman–Crippen LogP) is 2.63. The second-order valence-electron chi connectivity index (χ2n) is 11.0. The van der Waals surface area contributed by atoms with Crippen LogP contribution in [0.2, 0.25) is 0 Å². The summed E-state index contributed by atoms with van der Waals surface area (Å²) < 4.78 is 6.10. The van der Waals surface area contributed by atoms with Crippen molar-refractivity contribution in [3.63, 3.8) is 0 Å². The molecule has 4 heterocycles. The third-order valence-electron chi connectivity index (χ3n) is 8.28. The monoisotopic (exact) mass is 553 g/mol. The van der Waals surface area contributed by atoms with E-state index in [2.05, 4.69) is 27.3 Å². The van der Waals surface area contributed by atoms with Gasteiger partial charge in [-0.05, 0) is 55.6 Å². The van der Waals surface area contributed by atoms with Crippen LogP contribution in [0.4, 0.5) is 0 Å². The van der Waals surface area contributed by atoms with Gasteiger partial charge in [-0.2, -0.15) is 0 Å². The van der Waals surface area contributed by atoms with Crippen molar-refractivity contribution in [1.82, 2.24) is 25.0 Å². The number of ether oxygens (including phenoxy) is 1. The van der Waals surface area contributed by atoms with Crippen LogP contribution in [0.1, 0.15) is 39.1 Å². The smallest absolute Gasteiger partial charge is 0.257 e. The second kappa shape index (κ2) is 12.1. The number of pyridine rings is 1. The fourth-order valence-electron chi connectivity index (χ4n) is 6.19. The van der Waals surface area contributed by atoms with Crippen LogP contribution < -0.4 is 10.1 Å². The lowest BCUT2D eigenvalue weighted by atomic mass is 10.1. The van der Waals surface area contributed by atoms with E-state index in [0.717, 1.165) is 19.4 Å². The van der Waals surface area contributed by atoms with Crippen molar-refractivity contribution in [3.8, 4) is 5.88 Å². The quantitative estimate of drug-likeness (QED) is 0.522. The molecule has 3 amide bonds. The average Bonchev–Trinajstić information content (AvgIpc) is 3.42. The van der Waals surface area contributed by atoms with Crippen LogP contribution in [0.5, 0.6) is 5.88 Å². The lowest BCUT2D eigenvalue weighted by Crippen LogP contribution is -2.61. The Labute approximate surface area is 240 Å². The number of carbonyl (C=O) groups is 3. The third kappa shape index (κ3) is 5.95. The number of carbonyl (C=O) groups excluding carboxylic acids is 3. The molecule has 41 heavy (non-hydrogen) atoms. The summed E-state index contributed by atoms with van der Waals surface area (Å²) in [6.45, 7) is 2.70. The fraction of sp³-hybridized carbons (Fsp3) is 0.375. The number of benzene rings is 2. The summed E-state index contributed by atoms with van der Waals surface area (Å²) in [6.07, 6.45) is 3.97. The first kappa shape index (κ1) is 27.0. The Morgan fingerprint density at radius 3 is 2.54 bits per heavy atom. The Kier molecular flexibility index (Phi) is 7.95. The Bertz CT molecular complexity index is 1390. The first-order valence-corrected chi connectivity index (χ1v) is 14.4. The molecule has 3 aromatic rings. The van der Waals surface area contributed by atoms with E-state index in [1.54, 1.807) is 23.2 Å². The van der Waals surface area contributed by atoms with E-state index in [-0.39, 0.29) is 48.3 Å². The van der Waals surface area contributed by atoms with Gasteiger partial charge in [0.05, 0.1) is 12.1 Å². The highest BCUT2D eigenvalue weighted by molar-refractivity contribution is 5.97. The highest BCUT2D eigenvalue weighted by Crippen LogP contribution is 2.26. The third-order valence-corrected chi connectivity index (χ3v) is 8.28. The minimum atomic E-state index is -0.369. The Morgan fingerprint density at radius 2 is 1.73 bits per heavy atom. The van der Waals surface area contributed by atoms with Gasteiger partial charge < -0.3 is 19.9 Å². The summed E-state index contributed by atoms with van der Waals surface area (Å²) in [6, 6.07) is 22.1. The lowest BCUT2D eigenvalue weighted by Gasteiger charge is -2.43. The number of nitrogens with zero attached hydrogens (tertiary/aromatic N) is 4. The van der Waals surface area contributed by atoms with Gasteiger partial charge in [0, 0.05) is 44.0 Å². The molecule has 2 aromatic carbocycles. The molecule has 0 radical (unpaired) electrons. The van der Waals surface area contributed by atoms with Crippen molar-refractivity contribution in [2.75, 3.05) is 39.3 Å². The van der Waals surface area contributed by atoms with Gasteiger partial charge in [0.1, 0.15) is 12.2 Å². The number of likely N-dealkylation sites (tertiary alicyclic amines) is 1. The Hall–Kier alpha value is -4.24. The van der Waals surface area contributed by atoms with Crippen molar-refractivity contribution < 1.29 is 19.1 Å². The standard InChI is InChI=1S/C32H35N5O4/c38-29-27-14-7-15-33-30(27)41-22-26-21-36(31(39)24-12-5-2-6-13-24)17-18-37(26)32(40)28-19-25(34-29)20-35(28)16-8-11-23-9-3-1-4-10-23/h1-7,9-10,12-15,25-26,28H,8,11,16-22H2,(H,34,38)/t25-,26+,28+/m1/s1. The first-order valence-electron chi connectivity index (χ1n) is 14.4. The van der Waals surface area contributed by atoms with Crippen LogP contribution >= 0.6 is 0 Å². The second-order valence-corrected chi connectivity index (χ2v) is 11.0. The van der Waals surface area contributed by atoms with Gasteiger partial charge in [-0.15, -0.1) is 0 Å². The molecule has 2 fully saturated rings. The average molecular weight is 554 g/mol. The topological polar surface area (TPSA) is 95.1 Å². The number of hydrogen-bond donors (Lipinski definition) is 1. The van der Waals surface area contributed by atoms with Crippen molar-refractivity contribution in [2.45, 2.75) is 37.4 Å². The number of hydrogen-bond acceptors (Lipinski definition) is 6. The highest BCUT2D eigenvalue weighted by atomic mass is 16.5. The van der Waals surface area contributed by atoms with E-state index in [1.807, 2.05) is 53.4 Å². The molecule has 6 rings (SSSR count). The minimum absolute atomic E-state index is 0.0312. The molecule has 2 bridgehead atoms. The van der Waals surface area contributed by atoms with E-state index in [9.17, 15) is 14.4 Å². The summed E-state index contributed by atoms with van der Waals surface area (Å²) in [5.74, 6) is -0.0509. The maximum absolute atomic E-state index is 14.2. The first-order chi connectivity index (χ1) is 20.1. The number of nitrogens with one attached hydrogen (secondary N) is 1. The molecule has 3 aliphatic heterocycles. The zero-order chi connectivity index (χ0) is 28.2. The minimum Gasteiger partial charge on any atom is -0.475 e. The van der Waals surface area contributed by atoms with Gasteiger partial charge in [-0.3, -0.25) is 19.3 Å². The van der Waals surface area contributed by atoms with Crippen molar-refractivity contribution in [2.24, 2.45) is 0 Å². The largest absolute Gasteiger partial charge is 0.475 e. The van der Waals surface area contributed by atoms with Crippen LogP contribution in [0.3, 0.4) is 0 Å². The van der Waals surface area contributed by atoms with Gasteiger partial charge in [0.2, 0.25) is 11.8 Å². The van der Waals surface area contributed by atoms with Crippen molar-refractivity contribution in [3.05, 3.63) is 95.7 Å². The van der Waals surface area contributed by atoms with Crippen LogP contribution in [0, 0.1) is 0 Å². The summed E-state index contributed by atoms with van der Waals surface area (Å²) in [7, 11) is 0. The molecule has 3 aliphatic rings. The highest BCUT2D eigenvalue weighted by Gasteiger charge is 2.43. The summed E-state index contributed by atoms with van der Waals surface area (Å²) in [4.78, 5) is 51.0. The lowest BCUT2D eigenvalue weighted by molar-refractivity contribution is -0.141. The van der Waals surface area contributed by atoms with Crippen LogP contribution in [0.25, 0.3) is 0 Å². The summed E-state index contributed by atoms with van der Waals surface area (Å²) in [5.41, 5.74) is 2.26. The Balaban J connectivity index is 1.25. The number of rotatable bonds is 5. The molecule has 3 atom stereocenters. The molecule has 212 valence electrons. The van der Waals surface area contributed by atoms with Crippen molar-refractivity contribution in [1.29, 1.82) is 0 Å². The van der Waals surface area contributed by atoms with Crippen molar-refractivity contribution >= 4 is 17.7 Å². The van der Waals surface area contributed by atoms with E-state index < -0.39 is 0 Å². The number of piperazine rings is 1. The number of fused-ring (bicyclic) bond motifs is 4. The number of amides is 3. The van der Waals surface area contributed by atoms with Gasteiger partial charge in [-0.25, -0.2) is 4.98 Å². The predicted molar refractivity (Wildman–Crippen MR) is 154 cm³/mol. The zero-order valence-corrected chi connectivity index (χ0v) is 23.0. The van der Waals surface area contributed by atoms with Gasteiger partial charge in [0.25, 0.3) is 11.8 Å². The molecule has 0 spiro atoms. The van der Waals surface area contributed by atoms with E-state index >= 15 is 0 Å². The Morgan fingerprint density at radius 1 is 0.951 bits per heavy atom. The summed E-state index contributed by atoms with van der Waals surface area (Å²) >= 11 is 0. The molecular formula is C32H35N5O4. The van der Waals surface area contributed by atoms with Gasteiger partial charge in [-0.1, -0.05) is 48.5 Å². The fourth-order valence-corrected chi connectivity index (χ4v) is 6.19. The molecule has 1 aromatic heterocycles. The van der Waals surface area contributed by atoms with Gasteiger partial charge in [0.15, 0.2) is 0 Å². The van der Waals surface area contributed by atoms with Crippen LogP contribution in [-0.2, 0) is 11.2 Å². The normalized spacial score (nSPS) is 23.0. The molecule has 2 saturated heterocycles.